The van der Waals surface area contributed by atoms with Gasteiger partial charge in [-0.05, 0) is 40.3 Å². The number of carbonyl (C=O) groups excluding carboxylic acids is 1. The third kappa shape index (κ3) is 4.84. The van der Waals surface area contributed by atoms with Crippen LogP contribution in [0, 0.1) is 3.57 Å². The summed E-state index contributed by atoms with van der Waals surface area (Å²) in [5.74, 6) is 0.850. The van der Waals surface area contributed by atoms with E-state index in [0.29, 0.717) is 23.7 Å². The highest BCUT2D eigenvalue weighted by Gasteiger charge is 2.15. The number of aliphatic hydroxyl groups excluding tert-OH is 1. The molecule has 0 heterocycles. The summed E-state index contributed by atoms with van der Waals surface area (Å²) in [5.41, 5.74) is 1.52. The van der Waals surface area contributed by atoms with Crippen LogP contribution in [0.15, 0.2) is 42.5 Å². The first-order valence-electron chi connectivity index (χ1n) is 7.09. The van der Waals surface area contributed by atoms with Crippen molar-refractivity contribution in [2.75, 3.05) is 20.3 Å². The molecule has 0 spiro atoms. The molecular formula is C17H18INO4. The molecule has 5 nitrogen and oxygen atoms in total. The van der Waals surface area contributed by atoms with Crippen LogP contribution in [0.25, 0.3) is 0 Å². The average Bonchev–Trinajstić information content (AvgIpc) is 2.58. The molecule has 2 N–H and O–H groups in total. The zero-order valence-corrected chi connectivity index (χ0v) is 14.9. The molecule has 0 radical (unpaired) electrons. The molecule has 0 unspecified atom stereocenters. The predicted molar refractivity (Wildman–Crippen MR) is 95.9 cm³/mol. The molecule has 122 valence electrons. The van der Waals surface area contributed by atoms with Gasteiger partial charge >= 0.3 is 0 Å². The number of halogens is 1. The van der Waals surface area contributed by atoms with Crippen LogP contribution in [-0.2, 0) is 6.61 Å². The number of methoxy groups -OCH3 is 1. The maximum Gasteiger partial charge on any atom is 0.251 e. The van der Waals surface area contributed by atoms with Gasteiger partial charge in [0.15, 0.2) is 11.5 Å². The Morgan fingerprint density at radius 2 is 2.00 bits per heavy atom. The molecule has 23 heavy (non-hydrogen) atoms. The highest BCUT2D eigenvalue weighted by Crippen LogP contribution is 2.34. The van der Waals surface area contributed by atoms with Crippen LogP contribution in [0.1, 0.15) is 15.9 Å². The van der Waals surface area contributed by atoms with E-state index >= 15 is 0 Å². The Morgan fingerprint density at radius 1 is 1.26 bits per heavy atom. The third-order valence-corrected chi connectivity index (χ3v) is 3.92. The maximum atomic E-state index is 12.0. The van der Waals surface area contributed by atoms with Gasteiger partial charge in [0, 0.05) is 12.1 Å². The molecule has 2 aromatic rings. The minimum atomic E-state index is -0.259. The summed E-state index contributed by atoms with van der Waals surface area (Å²) in [7, 11) is 1.54. The van der Waals surface area contributed by atoms with Crippen molar-refractivity contribution in [2.45, 2.75) is 6.61 Å². The van der Waals surface area contributed by atoms with Crippen LogP contribution >= 0.6 is 22.6 Å². The summed E-state index contributed by atoms with van der Waals surface area (Å²) in [6, 6.07) is 13.2. The number of hydrogen-bond donors (Lipinski definition) is 2. The fraction of sp³-hybridized carbons (Fsp3) is 0.235. The van der Waals surface area contributed by atoms with Gasteiger partial charge in [0.1, 0.15) is 6.61 Å². The smallest absolute Gasteiger partial charge is 0.251 e. The van der Waals surface area contributed by atoms with Gasteiger partial charge in [0.05, 0.1) is 17.3 Å². The Labute approximate surface area is 148 Å². The standard InChI is InChI=1S/C17H18INO4/c1-22-15-10-13(17(21)19-7-8-20)9-14(18)16(15)23-11-12-5-3-2-4-6-12/h2-6,9-10,20H,7-8,11H2,1H3,(H,19,21). The molecule has 0 aliphatic carbocycles. The Balaban J connectivity index is 2.18. The maximum absolute atomic E-state index is 12.0. The quantitative estimate of drug-likeness (QED) is 0.667. The molecule has 6 heteroatoms. The molecule has 0 saturated heterocycles. The van der Waals surface area contributed by atoms with Gasteiger partial charge in [-0.15, -0.1) is 0 Å². The Bertz CT molecular complexity index is 661. The minimum absolute atomic E-state index is 0.0990. The number of rotatable bonds is 7. The first-order chi connectivity index (χ1) is 11.2. The van der Waals surface area contributed by atoms with E-state index in [1.807, 2.05) is 30.3 Å². The highest BCUT2D eigenvalue weighted by atomic mass is 127. The molecule has 0 bridgehead atoms. The largest absolute Gasteiger partial charge is 0.493 e. The van der Waals surface area contributed by atoms with Gasteiger partial charge in [-0.1, -0.05) is 30.3 Å². The van der Waals surface area contributed by atoms with Gasteiger partial charge in [-0.25, -0.2) is 0 Å². The van der Waals surface area contributed by atoms with Crippen LogP contribution in [0.3, 0.4) is 0 Å². The van der Waals surface area contributed by atoms with E-state index in [1.165, 1.54) is 7.11 Å². The second kappa shape index (κ2) is 8.73. The lowest BCUT2D eigenvalue weighted by Gasteiger charge is -2.14. The second-order valence-corrected chi connectivity index (χ2v) is 5.91. The van der Waals surface area contributed by atoms with E-state index in [4.69, 9.17) is 14.6 Å². The zero-order chi connectivity index (χ0) is 16.7. The third-order valence-electron chi connectivity index (χ3n) is 3.11. The molecule has 1 amide bonds. The fourth-order valence-corrected chi connectivity index (χ4v) is 2.75. The Morgan fingerprint density at radius 3 is 2.65 bits per heavy atom. The van der Waals surface area contributed by atoms with E-state index in [0.717, 1.165) is 9.13 Å². The van der Waals surface area contributed by atoms with Crippen LogP contribution < -0.4 is 14.8 Å². The lowest BCUT2D eigenvalue weighted by atomic mass is 10.2. The summed E-state index contributed by atoms with van der Waals surface area (Å²) in [4.78, 5) is 12.0. The number of carbonyl (C=O) groups is 1. The van der Waals surface area contributed by atoms with Crippen molar-refractivity contribution in [3.05, 3.63) is 57.2 Å². The summed E-state index contributed by atoms with van der Waals surface area (Å²) >= 11 is 2.11. The fourth-order valence-electron chi connectivity index (χ4n) is 1.99. The average molecular weight is 427 g/mol. The van der Waals surface area contributed by atoms with Gasteiger partial charge in [0.2, 0.25) is 0 Å². The van der Waals surface area contributed by atoms with Crippen molar-refractivity contribution in [3.63, 3.8) is 0 Å². The Hall–Kier alpha value is -1.80. The molecule has 2 aromatic carbocycles. The summed E-state index contributed by atoms with van der Waals surface area (Å²) in [6.45, 7) is 0.533. The summed E-state index contributed by atoms with van der Waals surface area (Å²) < 4.78 is 12.0. The van der Waals surface area contributed by atoms with E-state index in [2.05, 4.69) is 27.9 Å². The number of benzene rings is 2. The molecular weight excluding hydrogens is 409 g/mol. The molecule has 0 saturated carbocycles. The lowest BCUT2D eigenvalue weighted by molar-refractivity contribution is 0.0944. The summed E-state index contributed by atoms with van der Waals surface area (Å²) in [5, 5.41) is 11.4. The van der Waals surface area contributed by atoms with Gasteiger partial charge in [-0.2, -0.15) is 0 Å². The van der Waals surface area contributed by atoms with Gasteiger partial charge in [-0.3, -0.25) is 4.79 Å². The minimum Gasteiger partial charge on any atom is -0.493 e. The van der Waals surface area contributed by atoms with E-state index in [1.54, 1.807) is 12.1 Å². The van der Waals surface area contributed by atoms with Crippen molar-refractivity contribution < 1.29 is 19.4 Å². The normalized spacial score (nSPS) is 10.2. The second-order valence-electron chi connectivity index (χ2n) is 4.74. The van der Waals surface area contributed by atoms with Crippen LogP contribution in [0.5, 0.6) is 11.5 Å². The number of nitrogens with one attached hydrogen (secondary N) is 1. The molecule has 0 aliphatic heterocycles. The molecule has 0 atom stereocenters. The highest BCUT2D eigenvalue weighted by molar-refractivity contribution is 14.1. The Kier molecular flexibility index (Phi) is 6.66. The number of ether oxygens (including phenoxy) is 2. The molecule has 0 aliphatic rings. The van der Waals surface area contributed by atoms with Crippen molar-refractivity contribution >= 4 is 28.5 Å². The molecule has 0 aromatic heterocycles. The van der Waals surface area contributed by atoms with Crippen LogP contribution in [-0.4, -0.2) is 31.3 Å². The summed E-state index contributed by atoms with van der Waals surface area (Å²) in [6.07, 6.45) is 0. The van der Waals surface area contributed by atoms with E-state index < -0.39 is 0 Å². The van der Waals surface area contributed by atoms with E-state index in [-0.39, 0.29) is 19.1 Å². The van der Waals surface area contributed by atoms with Crippen molar-refractivity contribution in [2.24, 2.45) is 0 Å². The number of amides is 1. The van der Waals surface area contributed by atoms with Crippen molar-refractivity contribution in [3.8, 4) is 11.5 Å². The first-order valence-corrected chi connectivity index (χ1v) is 8.17. The van der Waals surface area contributed by atoms with E-state index in [9.17, 15) is 4.79 Å². The number of aliphatic hydroxyl groups is 1. The first kappa shape index (κ1) is 17.6. The topological polar surface area (TPSA) is 67.8 Å². The zero-order valence-electron chi connectivity index (χ0n) is 12.7. The molecule has 2 rings (SSSR count). The predicted octanol–water partition coefficient (Wildman–Crippen LogP) is 2.60. The number of hydrogen-bond acceptors (Lipinski definition) is 4. The van der Waals surface area contributed by atoms with Crippen molar-refractivity contribution in [1.29, 1.82) is 0 Å². The monoisotopic (exact) mass is 427 g/mol. The SMILES string of the molecule is COc1cc(C(=O)NCCO)cc(I)c1OCc1ccccc1. The van der Waals surface area contributed by atoms with Gasteiger partial charge in [0.25, 0.3) is 5.91 Å². The van der Waals surface area contributed by atoms with Crippen LogP contribution in [0.4, 0.5) is 0 Å². The lowest BCUT2D eigenvalue weighted by Crippen LogP contribution is -2.26. The van der Waals surface area contributed by atoms with Gasteiger partial charge < -0.3 is 19.9 Å². The van der Waals surface area contributed by atoms with Crippen LogP contribution in [0.2, 0.25) is 0 Å². The van der Waals surface area contributed by atoms with Crippen molar-refractivity contribution in [1.82, 2.24) is 5.32 Å². The molecule has 0 fully saturated rings.